The van der Waals surface area contributed by atoms with Crippen molar-refractivity contribution >= 4 is 11.7 Å². The second-order valence-corrected chi connectivity index (χ2v) is 7.51. The average Bonchev–Trinajstić information content (AvgIpc) is 2.67. The Balaban J connectivity index is 1.43. The fourth-order valence-corrected chi connectivity index (χ4v) is 4.00. The van der Waals surface area contributed by atoms with Crippen LogP contribution in [0.3, 0.4) is 0 Å². The molecule has 0 unspecified atom stereocenters. The fourth-order valence-electron chi connectivity index (χ4n) is 4.00. The second kappa shape index (κ2) is 8.65. The lowest BCUT2D eigenvalue weighted by molar-refractivity contribution is -0.136. The van der Waals surface area contributed by atoms with Gasteiger partial charge in [0.25, 0.3) is 0 Å². The SMILES string of the molecule is CC[C@@H]1CC[C@H](C)N(C(=O)CCN2CCN(c3ccccn3)CC2)C1. The van der Waals surface area contributed by atoms with Gasteiger partial charge < -0.3 is 9.80 Å². The number of hydrogen-bond acceptors (Lipinski definition) is 4. The van der Waals surface area contributed by atoms with E-state index in [-0.39, 0.29) is 0 Å². The van der Waals surface area contributed by atoms with Crippen molar-refractivity contribution in [2.75, 3.05) is 44.2 Å². The number of carbonyl (C=O) groups is 1. The van der Waals surface area contributed by atoms with Crippen LogP contribution in [-0.2, 0) is 4.79 Å². The van der Waals surface area contributed by atoms with Crippen molar-refractivity contribution in [1.82, 2.24) is 14.8 Å². The normalized spacial score (nSPS) is 25.2. The summed E-state index contributed by atoms with van der Waals surface area (Å²) in [5.41, 5.74) is 0. The van der Waals surface area contributed by atoms with E-state index in [1.54, 1.807) is 0 Å². The Morgan fingerprint density at radius 1 is 1.20 bits per heavy atom. The van der Waals surface area contributed by atoms with Gasteiger partial charge in [0.1, 0.15) is 5.82 Å². The number of hydrogen-bond donors (Lipinski definition) is 0. The number of piperazine rings is 1. The lowest BCUT2D eigenvalue weighted by atomic mass is 9.91. The van der Waals surface area contributed by atoms with Crippen molar-refractivity contribution in [3.8, 4) is 0 Å². The minimum atomic E-state index is 0.345. The van der Waals surface area contributed by atoms with Gasteiger partial charge in [0, 0.05) is 57.9 Å². The van der Waals surface area contributed by atoms with Crippen LogP contribution in [0.15, 0.2) is 24.4 Å². The maximum absolute atomic E-state index is 12.7. The van der Waals surface area contributed by atoms with Crippen molar-refractivity contribution in [1.29, 1.82) is 0 Å². The zero-order valence-electron chi connectivity index (χ0n) is 15.7. The standard InChI is InChI=1S/C20H32N4O/c1-3-18-8-7-17(2)24(16-18)20(25)9-11-22-12-14-23(15-13-22)19-6-4-5-10-21-19/h4-6,10,17-18H,3,7-9,11-16H2,1-2H3/t17-,18+/m0/s1. The van der Waals surface area contributed by atoms with E-state index in [1.807, 2.05) is 18.3 Å². The van der Waals surface area contributed by atoms with Gasteiger partial charge >= 0.3 is 0 Å². The first kappa shape index (κ1) is 18.2. The summed E-state index contributed by atoms with van der Waals surface area (Å²) in [6.07, 6.45) is 6.13. The van der Waals surface area contributed by atoms with Gasteiger partial charge in [0.2, 0.25) is 5.91 Å². The summed E-state index contributed by atoms with van der Waals surface area (Å²) in [5.74, 6) is 2.10. The van der Waals surface area contributed by atoms with E-state index in [0.29, 0.717) is 24.3 Å². The largest absolute Gasteiger partial charge is 0.354 e. The van der Waals surface area contributed by atoms with Gasteiger partial charge in [0.15, 0.2) is 0 Å². The number of anilines is 1. The lowest BCUT2D eigenvalue weighted by Gasteiger charge is -2.39. The summed E-state index contributed by atoms with van der Waals surface area (Å²) in [6.45, 7) is 10.3. The molecule has 1 amide bonds. The van der Waals surface area contributed by atoms with Gasteiger partial charge in [-0.1, -0.05) is 19.4 Å². The van der Waals surface area contributed by atoms with E-state index in [4.69, 9.17) is 0 Å². The number of amides is 1. The molecule has 0 aromatic carbocycles. The quantitative estimate of drug-likeness (QED) is 0.823. The molecular weight excluding hydrogens is 312 g/mol. The monoisotopic (exact) mass is 344 g/mol. The number of piperidine rings is 1. The van der Waals surface area contributed by atoms with Crippen LogP contribution in [0.25, 0.3) is 0 Å². The summed E-state index contributed by atoms with van der Waals surface area (Å²) in [7, 11) is 0. The van der Waals surface area contributed by atoms with Gasteiger partial charge in [0.05, 0.1) is 0 Å². The molecule has 138 valence electrons. The minimum Gasteiger partial charge on any atom is -0.354 e. The number of carbonyl (C=O) groups excluding carboxylic acids is 1. The summed E-state index contributed by atoms with van der Waals surface area (Å²) in [4.78, 5) is 24.0. The lowest BCUT2D eigenvalue weighted by Crippen LogP contribution is -2.49. The molecule has 0 radical (unpaired) electrons. The molecule has 2 fully saturated rings. The Morgan fingerprint density at radius 2 is 2.00 bits per heavy atom. The second-order valence-electron chi connectivity index (χ2n) is 7.51. The van der Waals surface area contributed by atoms with Crippen LogP contribution in [0.5, 0.6) is 0 Å². The molecule has 2 saturated heterocycles. The Labute approximate surface area is 152 Å². The number of pyridine rings is 1. The van der Waals surface area contributed by atoms with Gasteiger partial charge in [-0.3, -0.25) is 9.69 Å². The molecule has 25 heavy (non-hydrogen) atoms. The summed E-state index contributed by atoms with van der Waals surface area (Å²) < 4.78 is 0. The zero-order valence-corrected chi connectivity index (χ0v) is 15.7. The fraction of sp³-hybridized carbons (Fsp3) is 0.700. The maximum atomic E-state index is 12.7. The first-order chi connectivity index (χ1) is 12.2. The van der Waals surface area contributed by atoms with Gasteiger partial charge in [-0.15, -0.1) is 0 Å². The molecule has 0 N–H and O–H groups in total. The third-order valence-corrected chi connectivity index (χ3v) is 5.86. The molecule has 3 rings (SSSR count). The van der Waals surface area contributed by atoms with Crippen LogP contribution in [0.4, 0.5) is 5.82 Å². The van der Waals surface area contributed by atoms with Crippen molar-refractivity contribution in [2.45, 2.75) is 45.6 Å². The molecule has 1 aromatic heterocycles. The number of rotatable bonds is 5. The number of likely N-dealkylation sites (tertiary alicyclic amines) is 1. The third-order valence-electron chi connectivity index (χ3n) is 5.86. The highest BCUT2D eigenvalue weighted by molar-refractivity contribution is 5.76. The third kappa shape index (κ3) is 4.72. The van der Waals surface area contributed by atoms with Crippen molar-refractivity contribution in [3.63, 3.8) is 0 Å². The maximum Gasteiger partial charge on any atom is 0.224 e. The van der Waals surface area contributed by atoms with Gasteiger partial charge in [-0.2, -0.15) is 0 Å². The van der Waals surface area contributed by atoms with E-state index in [2.05, 4.69) is 39.6 Å². The molecule has 2 atom stereocenters. The Kier molecular flexibility index (Phi) is 6.29. The van der Waals surface area contributed by atoms with Crippen molar-refractivity contribution in [2.24, 2.45) is 5.92 Å². The highest BCUT2D eigenvalue weighted by atomic mass is 16.2. The van der Waals surface area contributed by atoms with Crippen LogP contribution >= 0.6 is 0 Å². The van der Waals surface area contributed by atoms with Crippen molar-refractivity contribution in [3.05, 3.63) is 24.4 Å². The van der Waals surface area contributed by atoms with Crippen LogP contribution < -0.4 is 4.90 Å². The van der Waals surface area contributed by atoms with Crippen LogP contribution in [-0.4, -0.2) is 66.0 Å². The summed E-state index contributed by atoms with van der Waals surface area (Å²) >= 11 is 0. The van der Waals surface area contributed by atoms with Gasteiger partial charge in [-0.25, -0.2) is 4.98 Å². The zero-order chi connectivity index (χ0) is 17.6. The molecule has 0 aliphatic carbocycles. The molecule has 3 heterocycles. The Morgan fingerprint density at radius 3 is 2.68 bits per heavy atom. The molecule has 5 nitrogen and oxygen atoms in total. The first-order valence-electron chi connectivity index (χ1n) is 9.85. The highest BCUT2D eigenvalue weighted by Gasteiger charge is 2.28. The van der Waals surface area contributed by atoms with Crippen LogP contribution in [0, 0.1) is 5.92 Å². The minimum absolute atomic E-state index is 0.345. The summed E-state index contributed by atoms with van der Waals surface area (Å²) in [5, 5.41) is 0. The molecule has 2 aliphatic rings. The topological polar surface area (TPSA) is 39.7 Å². The van der Waals surface area contributed by atoms with Crippen LogP contribution in [0.1, 0.15) is 39.5 Å². The first-order valence-corrected chi connectivity index (χ1v) is 9.85. The number of nitrogens with zero attached hydrogens (tertiary/aromatic N) is 4. The Bertz CT molecular complexity index is 542. The van der Waals surface area contributed by atoms with E-state index in [1.165, 1.54) is 12.8 Å². The van der Waals surface area contributed by atoms with Crippen molar-refractivity contribution < 1.29 is 4.79 Å². The molecule has 2 aliphatic heterocycles. The molecule has 0 bridgehead atoms. The van der Waals surface area contributed by atoms with Crippen LogP contribution in [0.2, 0.25) is 0 Å². The van der Waals surface area contributed by atoms with E-state index >= 15 is 0 Å². The van der Waals surface area contributed by atoms with E-state index < -0.39 is 0 Å². The molecule has 0 spiro atoms. The average molecular weight is 345 g/mol. The molecule has 5 heteroatoms. The van der Waals surface area contributed by atoms with Gasteiger partial charge in [-0.05, 0) is 37.8 Å². The van der Waals surface area contributed by atoms with E-state index in [9.17, 15) is 4.79 Å². The Hall–Kier alpha value is -1.62. The molecular formula is C20H32N4O. The highest BCUT2D eigenvalue weighted by Crippen LogP contribution is 2.24. The smallest absolute Gasteiger partial charge is 0.224 e. The summed E-state index contributed by atoms with van der Waals surface area (Å²) in [6, 6.07) is 6.48. The molecule has 1 aromatic rings. The van der Waals surface area contributed by atoms with E-state index in [0.717, 1.165) is 51.5 Å². The predicted molar refractivity (Wildman–Crippen MR) is 102 cm³/mol. The predicted octanol–water partition coefficient (Wildman–Crippen LogP) is 2.63. The molecule has 0 saturated carbocycles. The number of aromatic nitrogens is 1.